The molecule has 0 amide bonds. The third-order valence-corrected chi connectivity index (χ3v) is 3.78. The molecule has 1 aliphatic rings. The molecule has 0 N–H and O–H groups in total. The van der Waals surface area contributed by atoms with E-state index in [0.717, 1.165) is 38.3 Å². The minimum atomic E-state index is -0.504. The van der Waals surface area contributed by atoms with Gasteiger partial charge in [0, 0.05) is 32.7 Å². The first-order valence-electron chi connectivity index (χ1n) is 6.43. The van der Waals surface area contributed by atoms with Gasteiger partial charge in [-0.2, -0.15) is 0 Å². The minimum absolute atomic E-state index is 0.495. The van der Waals surface area contributed by atoms with Gasteiger partial charge in [-0.1, -0.05) is 6.07 Å². The fraction of sp³-hybridized carbons (Fsp3) is 0.500. The monoisotopic (exact) mass is 282 g/mol. The van der Waals surface area contributed by atoms with E-state index in [0.29, 0.717) is 5.56 Å². The molecule has 0 aromatic heterocycles. The van der Waals surface area contributed by atoms with Gasteiger partial charge in [0.15, 0.2) is 0 Å². The Balaban J connectivity index is 2.03. The number of piperazine rings is 1. The van der Waals surface area contributed by atoms with E-state index >= 15 is 0 Å². The van der Waals surface area contributed by atoms with Gasteiger partial charge in [0.25, 0.3) is 0 Å². The molecular formula is C14H19ClN2O2. The Hall–Kier alpha value is -1.10. The number of benzene rings is 1. The van der Waals surface area contributed by atoms with E-state index in [1.54, 1.807) is 6.07 Å². The molecule has 5 heteroatoms. The van der Waals surface area contributed by atoms with Crippen molar-refractivity contribution < 1.29 is 9.08 Å². The molecule has 0 radical (unpaired) electrons. The van der Waals surface area contributed by atoms with Crippen LogP contribution in [0.3, 0.4) is 0 Å². The lowest BCUT2D eigenvalue weighted by atomic mass is 10.0. The molecule has 0 spiro atoms. The van der Waals surface area contributed by atoms with Crippen molar-refractivity contribution >= 4 is 17.8 Å². The molecular weight excluding hydrogens is 264 g/mol. The second-order valence-corrected chi connectivity index (χ2v) is 5.24. The average molecular weight is 283 g/mol. The number of hydrogen-bond donors (Lipinski definition) is 0. The molecule has 1 aliphatic heterocycles. The average Bonchev–Trinajstić information content (AvgIpc) is 2.42. The van der Waals surface area contributed by atoms with Crippen LogP contribution in [0.15, 0.2) is 18.2 Å². The molecule has 4 nitrogen and oxygen atoms in total. The van der Waals surface area contributed by atoms with Gasteiger partial charge in [-0.05, 0) is 37.2 Å². The lowest BCUT2D eigenvalue weighted by Gasteiger charge is -2.32. The molecule has 1 aromatic carbocycles. The van der Waals surface area contributed by atoms with Crippen molar-refractivity contribution in [3.8, 4) is 0 Å². The van der Waals surface area contributed by atoms with Gasteiger partial charge in [0.05, 0.1) is 5.56 Å². The fourth-order valence-electron chi connectivity index (χ4n) is 2.29. The van der Waals surface area contributed by atoms with E-state index in [-0.39, 0.29) is 0 Å². The highest BCUT2D eigenvalue weighted by Gasteiger charge is 2.15. The lowest BCUT2D eigenvalue weighted by Crippen LogP contribution is -2.43. The Morgan fingerprint density at radius 3 is 2.58 bits per heavy atom. The number of hydrogen-bond acceptors (Lipinski definition) is 4. The third-order valence-electron chi connectivity index (χ3n) is 3.64. The van der Waals surface area contributed by atoms with Crippen molar-refractivity contribution in [2.75, 3.05) is 33.2 Å². The van der Waals surface area contributed by atoms with Gasteiger partial charge in [0.2, 0.25) is 0 Å². The van der Waals surface area contributed by atoms with E-state index in [4.69, 9.17) is 11.9 Å². The van der Waals surface area contributed by atoms with Crippen molar-refractivity contribution in [3.63, 3.8) is 0 Å². The summed E-state index contributed by atoms with van der Waals surface area (Å²) in [6.07, 6.45) is 0. The summed E-state index contributed by atoms with van der Waals surface area (Å²) in [6.45, 7) is 7.32. The van der Waals surface area contributed by atoms with Crippen molar-refractivity contribution in [3.05, 3.63) is 34.9 Å². The normalized spacial score (nSPS) is 17.4. The summed E-state index contributed by atoms with van der Waals surface area (Å²) in [5, 5.41) is 0. The first kappa shape index (κ1) is 14.3. The Morgan fingerprint density at radius 1 is 1.32 bits per heavy atom. The second kappa shape index (κ2) is 6.37. The Labute approximate surface area is 119 Å². The predicted molar refractivity (Wildman–Crippen MR) is 75.2 cm³/mol. The molecule has 0 aliphatic carbocycles. The van der Waals surface area contributed by atoms with Crippen LogP contribution < -0.4 is 0 Å². The number of carbonyl (C=O) groups excluding carboxylic acids is 1. The second-order valence-electron chi connectivity index (χ2n) is 5.09. The molecule has 19 heavy (non-hydrogen) atoms. The molecule has 1 aromatic rings. The molecule has 0 bridgehead atoms. The zero-order chi connectivity index (χ0) is 13.8. The highest BCUT2D eigenvalue weighted by atomic mass is 35.5. The Bertz CT molecular complexity index is 457. The summed E-state index contributed by atoms with van der Waals surface area (Å²) in [6, 6.07) is 5.58. The van der Waals surface area contributed by atoms with E-state index in [1.165, 1.54) is 5.56 Å². The van der Waals surface area contributed by atoms with Crippen LogP contribution in [-0.2, 0) is 10.8 Å². The van der Waals surface area contributed by atoms with Crippen LogP contribution in [-0.4, -0.2) is 49.0 Å². The minimum Gasteiger partial charge on any atom is -0.343 e. The summed E-state index contributed by atoms with van der Waals surface area (Å²) in [7, 11) is 2.15. The molecule has 104 valence electrons. The Kier molecular flexibility index (Phi) is 4.80. The van der Waals surface area contributed by atoms with E-state index in [9.17, 15) is 4.79 Å². The smallest absolute Gasteiger partial charge is 0.343 e. The van der Waals surface area contributed by atoms with Crippen molar-refractivity contribution in [2.24, 2.45) is 0 Å². The summed E-state index contributed by atoms with van der Waals surface area (Å²) >= 11 is 5.09. The largest absolute Gasteiger partial charge is 0.356 e. The zero-order valence-corrected chi connectivity index (χ0v) is 12.1. The van der Waals surface area contributed by atoms with E-state index in [1.807, 2.05) is 19.1 Å². The van der Waals surface area contributed by atoms with Crippen LogP contribution in [0.4, 0.5) is 0 Å². The van der Waals surface area contributed by atoms with E-state index in [2.05, 4.69) is 21.1 Å². The molecule has 1 heterocycles. The van der Waals surface area contributed by atoms with Crippen LogP contribution >= 0.6 is 11.9 Å². The highest BCUT2D eigenvalue weighted by molar-refractivity contribution is 6.15. The van der Waals surface area contributed by atoms with Gasteiger partial charge in [-0.3, -0.25) is 4.90 Å². The SMILES string of the molecule is Cc1cc(C(=O)OCl)ccc1CN1CCN(C)CC1. The van der Waals surface area contributed by atoms with Gasteiger partial charge in [0.1, 0.15) is 11.9 Å². The molecule has 0 unspecified atom stereocenters. The van der Waals surface area contributed by atoms with Crippen molar-refractivity contribution in [2.45, 2.75) is 13.5 Å². The van der Waals surface area contributed by atoms with Crippen LogP contribution in [0, 0.1) is 6.92 Å². The van der Waals surface area contributed by atoms with Gasteiger partial charge in [-0.15, -0.1) is 0 Å². The number of likely N-dealkylation sites (N-methyl/N-ethyl adjacent to an activating group) is 1. The number of halogens is 1. The molecule has 0 saturated carbocycles. The molecule has 1 saturated heterocycles. The number of aryl methyl sites for hydroxylation is 1. The maximum Gasteiger partial charge on any atom is 0.356 e. The van der Waals surface area contributed by atoms with Crippen LogP contribution in [0.25, 0.3) is 0 Å². The van der Waals surface area contributed by atoms with Crippen LogP contribution in [0.2, 0.25) is 0 Å². The third kappa shape index (κ3) is 3.69. The fourth-order valence-corrected chi connectivity index (χ4v) is 2.38. The van der Waals surface area contributed by atoms with Crippen molar-refractivity contribution in [1.29, 1.82) is 0 Å². The van der Waals surface area contributed by atoms with E-state index < -0.39 is 5.97 Å². The highest BCUT2D eigenvalue weighted by Crippen LogP contribution is 2.15. The molecule has 1 fully saturated rings. The van der Waals surface area contributed by atoms with Crippen LogP contribution in [0.1, 0.15) is 21.5 Å². The number of carbonyl (C=O) groups is 1. The van der Waals surface area contributed by atoms with Gasteiger partial charge >= 0.3 is 5.97 Å². The zero-order valence-electron chi connectivity index (χ0n) is 11.4. The Morgan fingerprint density at radius 2 is 2.00 bits per heavy atom. The first-order chi connectivity index (χ1) is 9.10. The summed E-state index contributed by atoms with van der Waals surface area (Å²) in [5.41, 5.74) is 2.84. The predicted octanol–water partition coefficient (Wildman–Crippen LogP) is 2.05. The standard InChI is InChI=1S/C14H19ClN2O2/c1-11-9-12(14(18)19-15)3-4-13(11)10-17-7-5-16(2)6-8-17/h3-4,9H,5-8,10H2,1-2H3. The quantitative estimate of drug-likeness (QED) is 0.850. The summed E-state index contributed by atoms with van der Waals surface area (Å²) < 4.78 is 4.21. The molecule has 2 rings (SSSR count). The van der Waals surface area contributed by atoms with Gasteiger partial charge in [-0.25, -0.2) is 4.79 Å². The number of rotatable bonds is 3. The maximum absolute atomic E-state index is 11.3. The first-order valence-corrected chi connectivity index (χ1v) is 6.74. The van der Waals surface area contributed by atoms with Crippen LogP contribution in [0.5, 0.6) is 0 Å². The maximum atomic E-state index is 11.3. The van der Waals surface area contributed by atoms with Gasteiger partial charge < -0.3 is 9.19 Å². The molecule has 0 atom stereocenters. The summed E-state index contributed by atoms with van der Waals surface area (Å²) in [5.74, 6) is -0.504. The lowest BCUT2D eigenvalue weighted by molar-refractivity contribution is 0.0751. The number of nitrogens with zero attached hydrogens (tertiary/aromatic N) is 2. The van der Waals surface area contributed by atoms with Crippen molar-refractivity contribution in [1.82, 2.24) is 9.80 Å². The topological polar surface area (TPSA) is 32.8 Å². The summed E-state index contributed by atoms with van der Waals surface area (Å²) in [4.78, 5) is 16.1.